The SMILES string of the molecule is Cc1ccc(NC(=O)/C(C#N)=C/c2ccc(OCc3ccc(Br)cc3)cc2)cc1Cl. The van der Waals surface area contributed by atoms with Crippen molar-refractivity contribution < 1.29 is 9.53 Å². The van der Waals surface area contributed by atoms with E-state index in [-0.39, 0.29) is 5.57 Å². The topological polar surface area (TPSA) is 62.1 Å². The van der Waals surface area contributed by atoms with E-state index in [0.717, 1.165) is 21.2 Å². The second kappa shape index (κ2) is 10.1. The van der Waals surface area contributed by atoms with Crippen molar-refractivity contribution in [1.82, 2.24) is 0 Å². The van der Waals surface area contributed by atoms with Crippen molar-refractivity contribution in [2.45, 2.75) is 13.5 Å². The zero-order valence-corrected chi connectivity index (χ0v) is 18.5. The number of carbonyl (C=O) groups is 1. The van der Waals surface area contributed by atoms with Crippen molar-refractivity contribution in [2.24, 2.45) is 0 Å². The van der Waals surface area contributed by atoms with Gasteiger partial charge in [-0.05, 0) is 66.1 Å². The summed E-state index contributed by atoms with van der Waals surface area (Å²) >= 11 is 9.49. The van der Waals surface area contributed by atoms with Gasteiger partial charge in [0, 0.05) is 15.2 Å². The van der Waals surface area contributed by atoms with Gasteiger partial charge in [0.1, 0.15) is 24.0 Å². The van der Waals surface area contributed by atoms with Crippen LogP contribution in [-0.4, -0.2) is 5.91 Å². The number of aryl methyl sites for hydroxylation is 1. The van der Waals surface area contributed by atoms with Gasteiger partial charge in [0.2, 0.25) is 0 Å². The highest BCUT2D eigenvalue weighted by Gasteiger charge is 2.10. The summed E-state index contributed by atoms with van der Waals surface area (Å²) in [5, 5.41) is 12.6. The largest absolute Gasteiger partial charge is 0.489 e. The number of carbonyl (C=O) groups excluding carboxylic acids is 1. The predicted octanol–water partition coefficient (Wildman–Crippen LogP) is 6.54. The molecule has 3 aromatic rings. The molecule has 0 fully saturated rings. The fourth-order valence-corrected chi connectivity index (χ4v) is 3.04. The molecule has 0 radical (unpaired) electrons. The third kappa shape index (κ3) is 5.96. The third-order valence-corrected chi connectivity index (χ3v) is 5.24. The number of ether oxygens (including phenoxy) is 1. The average molecular weight is 482 g/mol. The molecule has 0 heterocycles. The van der Waals surface area contributed by atoms with Crippen LogP contribution < -0.4 is 10.1 Å². The van der Waals surface area contributed by atoms with Crippen LogP contribution in [0.15, 0.2) is 76.8 Å². The lowest BCUT2D eigenvalue weighted by molar-refractivity contribution is -0.112. The van der Waals surface area contributed by atoms with Crippen LogP contribution in [0.5, 0.6) is 5.75 Å². The first-order valence-electron chi connectivity index (χ1n) is 9.11. The lowest BCUT2D eigenvalue weighted by Gasteiger charge is -2.08. The maximum Gasteiger partial charge on any atom is 0.266 e. The van der Waals surface area contributed by atoms with E-state index in [0.29, 0.717) is 23.1 Å². The van der Waals surface area contributed by atoms with Crippen molar-refractivity contribution >= 4 is 45.2 Å². The van der Waals surface area contributed by atoms with Crippen LogP contribution in [0.1, 0.15) is 16.7 Å². The van der Waals surface area contributed by atoms with Crippen molar-refractivity contribution in [2.75, 3.05) is 5.32 Å². The Bertz CT molecular complexity index is 1120. The molecule has 0 aliphatic carbocycles. The molecule has 4 nitrogen and oxygen atoms in total. The third-order valence-electron chi connectivity index (χ3n) is 4.30. The van der Waals surface area contributed by atoms with Gasteiger partial charge in [-0.1, -0.05) is 57.9 Å². The van der Waals surface area contributed by atoms with Crippen LogP contribution in [0.3, 0.4) is 0 Å². The van der Waals surface area contributed by atoms with Crippen molar-refractivity contribution in [3.05, 3.63) is 98.5 Å². The number of nitrogens with zero attached hydrogens (tertiary/aromatic N) is 1. The summed E-state index contributed by atoms with van der Waals surface area (Å²) in [5.74, 6) is 0.209. The van der Waals surface area contributed by atoms with E-state index < -0.39 is 5.91 Å². The number of halogens is 2. The minimum atomic E-state index is -0.493. The molecule has 0 aromatic heterocycles. The zero-order valence-electron chi connectivity index (χ0n) is 16.2. The molecule has 3 aromatic carbocycles. The number of hydrogen-bond acceptors (Lipinski definition) is 3. The molecule has 0 unspecified atom stereocenters. The molecule has 0 spiro atoms. The van der Waals surface area contributed by atoms with Gasteiger partial charge in [0.05, 0.1) is 0 Å². The number of anilines is 1. The average Bonchev–Trinajstić information content (AvgIpc) is 2.75. The fourth-order valence-electron chi connectivity index (χ4n) is 2.59. The molecule has 0 atom stereocenters. The number of benzene rings is 3. The Balaban J connectivity index is 1.64. The Morgan fingerprint density at radius 3 is 2.47 bits per heavy atom. The lowest BCUT2D eigenvalue weighted by Crippen LogP contribution is -2.13. The number of rotatable bonds is 6. The molecule has 0 saturated heterocycles. The van der Waals surface area contributed by atoms with E-state index in [9.17, 15) is 10.1 Å². The van der Waals surface area contributed by atoms with Crippen LogP contribution in [0.4, 0.5) is 5.69 Å². The Kier molecular flexibility index (Phi) is 7.29. The molecule has 30 heavy (non-hydrogen) atoms. The monoisotopic (exact) mass is 480 g/mol. The van der Waals surface area contributed by atoms with E-state index in [1.54, 1.807) is 42.5 Å². The first-order chi connectivity index (χ1) is 14.4. The molecule has 3 rings (SSSR count). The van der Waals surface area contributed by atoms with Crippen molar-refractivity contribution in [1.29, 1.82) is 5.26 Å². The Morgan fingerprint density at radius 2 is 1.83 bits per heavy atom. The summed E-state index contributed by atoms with van der Waals surface area (Å²) in [5.41, 5.74) is 3.22. The zero-order chi connectivity index (χ0) is 21.5. The van der Waals surface area contributed by atoms with Gasteiger partial charge in [-0.2, -0.15) is 5.26 Å². The van der Waals surface area contributed by atoms with Crippen LogP contribution in [0.25, 0.3) is 6.08 Å². The van der Waals surface area contributed by atoms with Crippen molar-refractivity contribution in [3.63, 3.8) is 0 Å². The maximum atomic E-state index is 12.4. The first kappa shape index (κ1) is 21.6. The number of amides is 1. The Morgan fingerprint density at radius 1 is 1.13 bits per heavy atom. The van der Waals surface area contributed by atoms with Crippen molar-refractivity contribution in [3.8, 4) is 11.8 Å². The second-order valence-electron chi connectivity index (χ2n) is 6.57. The smallest absolute Gasteiger partial charge is 0.266 e. The highest BCUT2D eigenvalue weighted by atomic mass is 79.9. The molecule has 0 aliphatic rings. The Hall–Kier alpha value is -3.07. The molecule has 0 bridgehead atoms. The van der Waals surface area contributed by atoms with Crippen LogP contribution in [0.2, 0.25) is 5.02 Å². The highest BCUT2D eigenvalue weighted by Crippen LogP contribution is 2.21. The molecular formula is C24H18BrClN2O2. The molecule has 6 heteroatoms. The summed E-state index contributed by atoms with van der Waals surface area (Å²) in [6.07, 6.45) is 1.53. The summed E-state index contributed by atoms with van der Waals surface area (Å²) in [4.78, 5) is 12.4. The Labute approximate surface area is 188 Å². The quantitative estimate of drug-likeness (QED) is 0.321. The van der Waals surface area contributed by atoms with E-state index in [1.165, 1.54) is 6.08 Å². The number of hydrogen-bond donors (Lipinski definition) is 1. The summed E-state index contributed by atoms with van der Waals surface area (Å²) < 4.78 is 6.79. The van der Waals surface area contributed by atoms with E-state index >= 15 is 0 Å². The molecule has 150 valence electrons. The molecule has 0 aliphatic heterocycles. The van der Waals surface area contributed by atoms with E-state index in [1.807, 2.05) is 37.3 Å². The summed E-state index contributed by atoms with van der Waals surface area (Å²) in [6.45, 7) is 2.33. The first-order valence-corrected chi connectivity index (χ1v) is 10.3. The van der Waals surface area contributed by atoms with Gasteiger partial charge < -0.3 is 10.1 Å². The van der Waals surface area contributed by atoms with Crippen LogP contribution in [0, 0.1) is 18.3 Å². The summed E-state index contributed by atoms with van der Waals surface area (Å²) in [6, 6.07) is 22.2. The minimum absolute atomic E-state index is 0.00442. The second-order valence-corrected chi connectivity index (χ2v) is 7.89. The van der Waals surface area contributed by atoms with Crippen LogP contribution in [-0.2, 0) is 11.4 Å². The van der Waals surface area contributed by atoms with Gasteiger partial charge in [0.25, 0.3) is 5.91 Å². The molecular weight excluding hydrogens is 464 g/mol. The van der Waals surface area contributed by atoms with E-state index in [2.05, 4.69) is 21.2 Å². The van der Waals surface area contributed by atoms with Gasteiger partial charge >= 0.3 is 0 Å². The van der Waals surface area contributed by atoms with Gasteiger partial charge in [-0.15, -0.1) is 0 Å². The normalized spacial score (nSPS) is 10.9. The maximum absolute atomic E-state index is 12.4. The number of nitriles is 1. The fraction of sp³-hybridized carbons (Fsp3) is 0.0833. The molecule has 0 saturated carbocycles. The standard InChI is InChI=1S/C24H18BrClN2O2/c1-16-2-9-21(13-23(16)26)28-24(29)19(14-27)12-17-5-10-22(11-6-17)30-15-18-3-7-20(25)8-4-18/h2-13H,15H2,1H3,(H,28,29)/b19-12+. The summed E-state index contributed by atoms with van der Waals surface area (Å²) in [7, 11) is 0. The minimum Gasteiger partial charge on any atom is -0.489 e. The van der Waals surface area contributed by atoms with E-state index in [4.69, 9.17) is 16.3 Å². The highest BCUT2D eigenvalue weighted by molar-refractivity contribution is 9.10. The molecule has 1 amide bonds. The predicted molar refractivity (Wildman–Crippen MR) is 123 cm³/mol. The molecule has 1 N–H and O–H groups in total. The van der Waals surface area contributed by atoms with Gasteiger partial charge in [-0.25, -0.2) is 0 Å². The van der Waals surface area contributed by atoms with Gasteiger partial charge in [-0.3, -0.25) is 4.79 Å². The lowest BCUT2D eigenvalue weighted by atomic mass is 10.1. The van der Waals surface area contributed by atoms with Gasteiger partial charge in [0.15, 0.2) is 0 Å². The van der Waals surface area contributed by atoms with Crippen LogP contribution >= 0.6 is 27.5 Å². The number of nitrogens with one attached hydrogen (secondary N) is 1.